The first kappa shape index (κ1) is 13.6. The van der Waals surface area contributed by atoms with Gasteiger partial charge in [0.1, 0.15) is 0 Å². The van der Waals surface area contributed by atoms with Crippen molar-refractivity contribution in [3.63, 3.8) is 0 Å². The van der Waals surface area contributed by atoms with Gasteiger partial charge in [-0.1, -0.05) is 19.9 Å². The highest BCUT2D eigenvalue weighted by Crippen LogP contribution is 2.37. The standard InChI is InChI=1S/C14H20N2O3/c1-9(2)14-10-5-3-4-6-11(10)15-16(14)12(17)7-8-13(18)19/h6-10,14-15H,3-5H2,1-2H3,(H,18,19)/p-1/b8-7+/t10-,14+/m0/s1. The van der Waals surface area contributed by atoms with Crippen LogP contribution >= 0.6 is 0 Å². The number of hydrogen-bond donors (Lipinski definition) is 1. The van der Waals surface area contributed by atoms with Gasteiger partial charge in [0.15, 0.2) is 0 Å². The number of allylic oxidation sites excluding steroid dienone is 1. The van der Waals surface area contributed by atoms with Gasteiger partial charge in [-0.25, -0.2) is 5.01 Å². The van der Waals surface area contributed by atoms with E-state index in [-0.39, 0.29) is 11.9 Å². The molecule has 2 aliphatic rings. The molecule has 19 heavy (non-hydrogen) atoms. The van der Waals surface area contributed by atoms with E-state index in [2.05, 4.69) is 25.3 Å². The number of nitrogens with zero attached hydrogens (tertiary/aromatic N) is 1. The van der Waals surface area contributed by atoms with E-state index in [1.807, 2.05) is 0 Å². The lowest BCUT2D eigenvalue weighted by Gasteiger charge is -2.29. The number of hydrogen-bond acceptors (Lipinski definition) is 4. The summed E-state index contributed by atoms with van der Waals surface area (Å²) in [6, 6.07) is 0.0745. The Balaban J connectivity index is 2.20. The summed E-state index contributed by atoms with van der Waals surface area (Å²) in [5.41, 5.74) is 4.23. The number of nitrogens with one attached hydrogen (secondary N) is 1. The van der Waals surface area contributed by atoms with Crippen molar-refractivity contribution < 1.29 is 14.7 Å². The Kier molecular flexibility index (Phi) is 3.93. The third-order valence-electron chi connectivity index (χ3n) is 3.73. The zero-order valence-corrected chi connectivity index (χ0v) is 11.3. The molecule has 2 atom stereocenters. The van der Waals surface area contributed by atoms with Crippen molar-refractivity contribution in [2.45, 2.75) is 39.2 Å². The minimum Gasteiger partial charge on any atom is -0.545 e. The highest BCUT2D eigenvalue weighted by atomic mass is 16.4. The van der Waals surface area contributed by atoms with Crippen molar-refractivity contribution >= 4 is 11.9 Å². The topological polar surface area (TPSA) is 72.5 Å². The number of carbonyl (C=O) groups excluding carboxylic acids is 2. The molecule has 0 saturated carbocycles. The summed E-state index contributed by atoms with van der Waals surface area (Å²) in [5, 5.41) is 11.9. The Hall–Kier alpha value is -1.78. The fourth-order valence-corrected chi connectivity index (χ4v) is 2.96. The lowest BCUT2D eigenvalue weighted by molar-refractivity contribution is -0.297. The van der Waals surface area contributed by atoms with Gasteiger partial charge < -0.3 is 9.90 Å². The minimum atomic E-state index is -1.36. The first-order valence-corrected chi connectivity index (χ1v) is 6.69. The number of amides is 1. The fraction of sp³-hybridized carbons (Fsp3) is 0.571. The highest BCUT2D eigenvalue weighted by molar-refractivity contribution is 5.93. The maximum Gasteiger partial charge on any atom is 0.265 e. The van der Waals surface area contributed by atoms with Gasteiger partial charge in [-0.15, -0.1) is 0 Å². The van der Waals surface area contributed by atoms with Crippen LogP contribution in [0.5, 0.6) is 0 Å². The predicted octanol–water partition coefficient (Wildman–Crippen LogP) is 0.348. The maximum absolute atomic E-state index is 12.1. The van der Waals surface area contributed by atoms with E-state index >= 15 is 0 Å². The number of fused-ring (bicyclic) bond motifs is 1. The monoisotopic (exact) mass is 263 g/mol. The largest absolute Gasteiger partial charge is 0.545 e. The summed E-state index contributed by atoms with van der Waals surface area (Å²) in [6.07, 6.45) is 7.19. The van der Waals surface area contributed by atoms with Crippen LogP contribution in [-0.4, -0.2) is 22.9 Å². The summed E-state index contributed by atoms with van der Waals surface area (Å²) in [6.45, 7) is 4.15. The molecule has 2 rings (SSSR count). The molecule has 0 spiro atoms. The molecule has 1 fully saturated rings. The van der Waals surface area contributed by atoms with E-state index in [0.717, 1.165) is 37.1 Å². The molecular weight excluding hydrogens is 244 g/mol. The first-order valence-electron chi connectivity index (χ1n) is 6.69. The van der Waals surface area contributed by atoms with E-state index in [4.69, 9.17) is 0 Å². The lowest BCUT2D eigenvalue weighted by Crippen LogP contribution is -2.45. The van der Waals surface area contributed by atoms with Gasteiger partial charge in [-0.2, -0.15) is 0 Å². The second-order valence-corrected chi connectivity index (χ2v) is 5.40. The summed E-state index contributed by atoms with van der Waals surface area (Å²) >= 11 is 0. The van der Waals surface area contributed by atoms with Crippen LogP contribution in [0.15, 0.2) is 23.9 Å². The molecule has 0 bridgehead atoms. The van der Waals surface area contributed by atoms with Gasteiger partial charge in [0.05, 0.1) is 12.0 Å². The number of hydrazine groups is 1. The number of aliphatic carboxylic acids is 1. The molecule has 0 unspecified atom stereocenters. The molecule has 0 aromatic carbocycles. The third kappa shape index (κ3) is 2.80. The Bertz CT molecular complexity index is 440. The van der Waals surface area contributed by atoms with Crippen LogP contribution in [0.3, 0.4) is 0 Å². The summed E-state index contributed by atoms with van der Waals surface area (Å²) in [7, 11) is 0. The second-order valence-electron chi connectivity index (χ2n) is 5.40. The molecule has 104 valence electrons. The highest BCUT2D eigenvalue weighted by Gasteiger charge is 2.41. The van der Waals surface area contributed by atoms with Crippen LogP contribution in [0.4, 0.5) is 0 Å². The smallest absolute Gasteiger partial charge is 0.265 e. The van der Waals surface area contributed by atoms with Crippen LogP contribution in [0.25, 0.3) is 0 Å². The normalized spacial score (nSPS) is 26.3. The maximum atomic E-state index is 12.1. The quantitative estimate of drug-likeness (QED) is 0.746. The lowest BCUT2D eigenvalue weighted by atomic mass is 9.83. The van der Waals surface area contributed by atoms with Gasteiger partial charge in [0, 0.05) is 17.7 Å². The predicted molar refractivity (Wildman–Crippen MR) is 68.2 cm³/mol. The van der Waals surface area contributed by atoms with Crippen molar-refractivity contribution in [1.29, 1.82) is 0 Å². The molecule has 1 aliphatic heterocycles. The first-order chi connectivity index (χ1) is 9.00. The number of rotatable bonds is 3. The Morgan fingerprint density at radius 3 is 2.84 bits per heavy atom. The fourth-order valence-electron chi connectivity index (χ4n) is 2.96. The van der Waals surface area contributed by atoms with E-state index in [1.54, 1.807) is 5.01 Å². The van der Waals surface area contributed by atoms with Crippen LogP contribution in [0.2, 0.25) is 0 Å². The summed E-state index contributed by atoms with van der Waals surface area (Å²) in [4.78, 5) is 22.5. The molecule has 0 radical (unpaired) electrons. The van der Waals surface area contributed by atoms with Crippen LogP contribution in [-0.2, 0) is 9.59 Å². The number of carboxylic acids is 1. The zero-order chi connectivity index (χ0) is 14.0. The second kappa shape index (κ2) is 5.47. The van der Waals surface area contributed by atoms with E-state index in [0.29, 0.717) is 11.8 Å². The average molecular weight is 263 g/mol. The molecule has 0 aromatic rings. The van der Waals surface area contributed by atoms with Crippen molar-refractivity contribution in [2.24, 2.45) is 11.8 Å². The van der Waals surface area contributed by atoms with Crippen molar-refractivity contribution in [3.8, 4) is 0 Å². The van der Waals surface area contributed by atoms with Gasteiger partial charge in [-0.3, -0.25) is 10.2 Å². The minimum absolute atomic E-state index is 0.0745. The average Bonchev–Trinajstić information content (AvgIpc) is 2.75. The Morgan fingerprint density at radius 1 is 1.47 bits per heavy atom. The van der Waals surface area contributed by atoms with E-state index < -0.39 is 5.97 Å². The van der Waals surface area contributed by atoms with E-state index in [1.165, 1.54) is 0 Å². The van der Waals surface area contributed by atoms with Gasteiger partial charge in [0.25, 0.3) is 5.91 Å². The Morgan fingerprint density at radius 2 is 2.21 bits per heavy atom. The Labute approximate surface area is 112 Å². The van der Waals surface area contributed by atoms with Gasteiger partial charge in [0.2, 0.25) is 0 Å². The molecule has 1 N–H and O–H groups in total. The summed E-state index contributed by atoms with van der Waals surface area (Å²) in [5.74, 6) is -1.04. The van der Waals surface area contributed by atoms with Crippen molar-refractivity contribution in [1.82, 2.24) is 10.4 Å². The summed E-state index contributed by atoms with van der Waals surface area (Å²) < 4.78 is 0. The van der Waals surface area contributed by atoms with Crippen molar-refractivity contribution in [2.75, 3.05) is 0 Å². The van der Waals surface area contributed by atoms with Gasteiger partial charge in [-0.05, 0) is 31.3 Å². The zero-order valence-electron chi connectivity index (χ0n) is 11.3. The third-order valence-corrected chi connectivity index (χ3v) is 3.73. The van der Waals surface area contributed by atoms with Gasteiger partial charge >= 0.3 is 0 Å². The van der Waals surface area contributed by atoms with Crippen LogP contribution < -0.4 is 10.5 Å². The molecule has 1 aliphatic carbocycles. The molecule has 1 heterocycles. The van der Waals surface area contributed by atoms with Crippen LogP contribution in [0, 0.1) is 11.8 Å². The molecule has 1 amide bonds. The molecule has 0 aromatic heterocycles. The molecule has 5 heteroatoms. The number of carboxylic acid groups (broad SMARTS) is 1. The van der Waals surface area contributed by atoms with Crippen LogP contribution in [0.1, 0.15) is 33.1 Å². The van der Waals surface area contributed by atoms with Crippen molar-refractivity contribution in [3.05, 3.63) is 23.9 Å². The molecular formula is C14H19N2O3-. The SMILES string of the molecule is CC(C)[C@@H]1[C@H]2CCCC=C2NN1C(=O)/C=C/C(=O)[O-]. The molecule has 1 saturated heterocycles. The molecule has 5 nitrogen and oxygen atoms in total. The van der Waals surface area contributed by atoms with E-state index in [9.17, 15) is 14.7 Å². The number of carbonyl (C=O) groups is 2.